The first-order chi connectivity index (χ1) is 12.3. The van der Waals surface area contributed by atoms with Crippen LogP contribution in [0.3, 0.4) is 0 Å². The van der Waals surface area contributed by atoms with Gasteiger partial charge in [-0.15, -0.1) is 0 Å². The van der Waals surface area contributed by atoms with Crippen molar-refractivity contribution in [1.82, 2.24) is 0 Å². The molecule has 2 aromatic carbocycles. The first-order valence-electron chi connectivity index (χ1n) is 8.77. The van der Waals surface area contributed by atoms with E-state index in [1.165, 1.54) is 4.31 Å². The lowest BCUT2D eigenvalue weighted by Crippen LogP contribution is -2.38. The molecule has 0 bridgehead atoms. The van der Waals surface area contributed by atoms with Crippen molar-refractivity contribution in [2.24, 2.45) is 0 Å². The average Bonchev–Trinajstić information content (AvgIpc) is 2.59. The zero-order chi connectivity index (χ0) is 18.9. The Labute approximate surface area is 155 Å². The van der Waals surface area contributed by atoms with Crippen molar-refractivity contribution in [3.63, 3.8) is 0 Å². The van der Waals surface area contributed by atoms with Gasteiger partial charge in [0.2, 0.25) is 10.0 Å². The summed E-state index contributed by atoms with van der Waals surface area (Å²) in [4.78, 5) is 12.5. The maximum atomic E-state index is 12.5. The summed E-state index contributed by atoms with van der Waals surface area (Å²) in [5.74, 6) is -0.0320. The summed E-state index contributed by atoms with van der Waals surface area (Å²) in [5.41, 5.74) is 4.88. The van der Waals surface area contributed by atoms with Gasteiger partial charge in [-0.25, -0.2) is 8.42 Å². The van der Waals surface area contributed by atoms with E-state index in [0.29, 0.717) is 29.9 Å². The molecular formula is C20H24N2O3S. The van der Waals surface area contributed by atoms with Crippen molar-refractivity contribution < 1.29 is 13.2 Å². The Morgan fingerprint density at radius 2 is 1.69 bits per heavy atom. The number of rotatable bonds is 3. The van der Waals surface area contributed by atoms with Crippen LogP contribution < -0.4 is 9.62 Å². The topological polar surface area (TPSA) is 66.5 Å². The van der Waals surface area contributed by atoms with Gasteiger partial charge in [-0.3, -0.25) is 9.10 Å². The predicted molar refractivity (Wildman–Crippen MR) is 105 cm³/mol. The Hall–Kier alpha value is -2.34. The third-order valence-corrected chi connectivity index (χ3v) is 6.71. The molecule has 1 saturated heterocycles. The summed E-state index contributed by atoms with van der Waals surface area (Å²) < 4.78 is 26.3. The van der Waals surface area contributed by atoms with Crippen molar-refractivity contribution in [1.29, 1.82) is 0 Å². The molecule has 0 aliphatic carbocycles. The van der Waals surface area contributed by atoms with Gasteiger partial charge >= 0.3 is 0 Å². The number of aryl methyl sites for hydroxylation is 3. The Bertz CT molecular complexity index is 952. The molecule has 0 aromatic heterocycles. The highest BCUT2D eigenvalue weighted by Gasteiger charge is 2.27. The van der Waals surface area contributed by atoms with Crippen LogP contribution in [0.15, 0.2) is 36.4 Å². The number of sulfonamides is 1. The standard InChI is InChI=1S/C20H24N2O3S/c1-14-6-8-17(12-16(14)3)20(23)21-18-9-7-15(2)19(13-18)22-10-4-5-11-26(22,24)25/h6-9,12-13H,4-5,10-11H2,1-3H3,(H,21,23). The number of hydrogen-bond acceptors (Lipinski definition) is 3. The van der Waals surface area contributed by atoms with Crippen LogP contribution in [0.4, 0.5) is 11.4 Å². The van der Waals surface area contributed by atoms with E-state index in [4.69, 9.17) is 0 Å². The summed E-state index contributed by atoms with van der Waals surface area (Å²) in [5, 5.41) is 2.88. The van der Waals surface area contributed by atoms with Crippen molar-refractivity contribution in [2.75, 3.05) is 21.9 Å². The first-order valence-corrected chi connectivity index (χ1v) is 10.4. The summed E-state index contributed by atoms with van der Waals surface area (Å²) in [6, 6.07) is 11.0. The second-order valence-corrected chi connectivity index (χ2v) is 8.86. The molecule has 1 amide bonds. The van der Waals surface area contributed by atoms with Crippen molar-refractivity contribution in [3.8, 4) is 0 Å². The quantitative estimate of drug-likeness (QED) is 0.891. The largest absolute Gasteiger partial charge is 0.322 e. The number of benzene rings is 2. The third-order valence-electron chi connectivity index (χ3n) is 4.85. The van der Waals surface area contributed by atoms with Crippen LogP contribution in [0.25, 0.3) is 0 Å². The smallest absolute Gasteiger partial charge is 0.255 e. The van der Waals surface area contributed by atoms with Gasteiger partial charge in [0, 0.05) is 17.8 Å². The highest BCUT2D eigenvalue weighted by Crippen LogP contribution is 2.29. The summed E-state index contributed by atoms with van der Waals surface area (Å²) >= 11 is 0. The van der Waals surface area contributed by atoms with E-state index in [0.717, 1.165) is 23.1 Å². The molecule has 0 atom stereocenters. The molecule has 6 heteroatoms. The molecule has 1 N–H and O–H groups in total. The second kappa shape index (κ2) is 7.11. The second-order valence-electron chi connectivity index (χ2n) is 6.85. The molecule has 1 aliphatic heterocycles. The third kappa shape index (κ3) is 3.75. The zero-order valence-electron chi connectivity index (χ0n) is 15.4. The van der Waals surface area contributed by atoms with E-state index in [1.807, 2.05) is 39.0 Å². The molecule has 3 rings (SSSR count). The molecule has 0 saturated carbocycles. The van der Waals surface area contributed by atoms with Gasteiger partial charge in [-0.2, -0.15) is 0 Å². The maximum Gasteiger partial charge on any atom is 0.255 e. The van der Waals surface area contributed by atoms with Crippen LogP contribution in [0.5, 0.6) is 0 Å². The number of carbonyl (C=O) groups is 1. The van der Waals surface area contributed by atoms with E-state index in [2.05, 4.69) is 5.32 Å². The van der Waals surface area contributed by atoms with Crippen LogP contribution in [0.2, 0.25) is 0 Å². The van der Waals surface area contributed by atoms with E-state index in [9.17, 15) is 13.2 Å². The SMILES string of the molecule is Cc1ccc(C(=O)Nc2ccc(C)c(N3CCCCS3(=O)=O)c2)cc1C. The van der Waals surface area contributed by atoms with E-state index in [1.54, 1.807) is 18.2 Å². The summed E-state index contributed by atoms with van der Waals surface area (Å²) in [7, 11) is -3.29. The molecule has 1 heterocycles. The Morgan fingerprint density at radius 3 is 2.38 bits per heavy atom. The fraction of sp³-hybridized carbons (Fsp3) is 0.350. The molecule has 0 spiro atoms. The normalized spacial score (nSPS) is 16.3. The lowest BCUT2D eigenvalue weighted by atomic mass is 10.1. The highest BCUT2D eigenvalue weighted by atomic mass is 32.2. The van der Waals surface area contributed by atoms with Crippen LogP contribution in [-0.2, 0) is 10.0 Å². The summed E-state index contributed by atoms with van der Waals surface area (Å²) in [6.07, 6.45) is 1.54. The number of hydrogen-bond donors (Lipinski definition) is 1. The number of nitrogens with zero attached hydrogens (tertiary/aromatic N) is 1. The lowest BCUT2D eigenvalue weighted by Gasteiger charge is -2.29. The molecule has 0 unspecified atom stereocenters. The summed E-state index contributed by atoms with van der Waals surface area (Å²) in [6.45, 7) is 6.34. The Kier molecular flexibility index (Phi) is 5.05. The first kappa shape index (κ1) is 18.5. The number of nitrogens with one attached hydrogen (secondary N) is 1. The molecule has 26 heavy (non-hydrogen) atoms. The van der Waals surface area contributed by atoms with Gasteiger partial charge in [-0.05, 0) is 74.6 Å². The minimum Gasteiger partial charge on any atom is -0.322 e. The molecule has 0 radical (unpaired) electrons. The minimum atomic E-state index is -3.29. The minimum absolute atomic E-state index is 0.172. The molecule has 1 fully saturated rings. The van der Waals surface area contributed by atoms with E-state index >= 15 is 0 Å². The van der Waals surface area contributed by atoms with Crippen molar-refractivity contribution >= 4 is 27.3 Å². The lowest BCUT2D eigenvalue weighted by molar-refractivity contribution is 0.102. The van der Waals surface area contributed by atoms with Crippen LogP contribution in [0.1, 0.15) is 39.9 Å². The Morgan fingerprint density at radius 1 is 0.962 bits per heavy atom. The fourth-order valence-corrected chi connectivity index (χ4v) is 4.79. The Balaban J connectivity index is 1.87. The van der Waals surface area contributed by atoms with Gasteiger partial charge in [-0.1, -0.05) is 12.1 Å². The van der Waals surface area contributed by atoms with E-state index < -0.39 is 10.0 Å². The van der Waals surface area contributed by atoms with Gasteiger partial charge in [0.1, 0.15) is 0 Å². The highest BCUT2D eigenvalue weighted by molar-refractivity contribution is 7.92. The van der Waals surface area contributed by atoms with E-state index in [-0.39, 0.29) is 11.7 Å². The molecule has 2 aromatic rings. The number of anilines is 2. The van der Waals surface area contributed by atoms with Gasteiger partial charge in [0.05, 0.1) is 11.4 Å². The van der Waals surface area contributed by atoms with Crippen LogP contribution in [-0.4, -0.2) is 26.6 Å². The molecule has 1 aliphatic rings. The molecular weight excluding hydrogens is 348 g/mol. The van der Waals surface area contributed by atoms with Crippen LogP contribution in [0, 0.1) is 20.8 Å². The van der Waals surface area contributed by atoms with Crippen molar-refractivity contribution in [2.45, 2.75) is 33.6 Å². The van der Waals surface area contributed by atoms with Gasteiger partial charge < -0.3 is 5.32 Å². The number of amides is 1. The van der Waals surface area contributed by atoms with Gasteiger partial charge in [0.15, 0.2) is 0 Å². The predicted octanol–water partition coefficient (Wildman–Crippen LogP) is 3.79. The maximum absolute atomic E-state index is 12.5. The molecule has 5 nitrogen and oxygen atoms in total. The molecule has 138 valence electrons. The monoisotopic (exact) mass is 372 g/mol. The average molecular weight is 372 g/mol. The van der Waals surface area contributed by atoms with Gasteiger partial charge in [0.25, 0.3) is 5.91 Å². The zero-order valence-corrected chi connectivity index (χ0v) is 16.2. The fourth-order valence-electron chi connectivity index (χ4n) is 3.10. The van der Waals surface area contributed by atoms with Crippen molar-refractivity contribution in [3.05, 3.63) is 58.7 Å². The van der Waals surface area contributed by atoms with Crippen LogP contribution >= 0.6 is 0 Å². The number of carbonyl (C=O) groups excluding carboxylic acids is 1.